The van der Waals surface area contributed by atoms with E-state index in [0.29, 0.717) is 0 Å². The van der Waals surface area contributed by atoms with Crippen LogP contribution < -0.4 is 5.48 Å². The molecule has 0 aliphatic carbocycles. The second-order valence-electron chi connectivity index (χ2n) is 2.46. The fourth-order valence-corrected chi connectivity index (χ4v) is 0.333. The largest absolute Gasteiger partial charge is 0.289 e. The summed E-state index contributed by atoms with van der Waals surface area (Å²) in [6, 6.07) is 0. The second-order valence-corrected chi connectivity index (χ2v) is 2.73. The molecule has 0 aromatic heterocycles. The van der Waals surface area contributed by atoms with Gasteiger partial charge < -0.3 is 0 Å². The van der Waals surface area contributed by atoms with Crippen molar-refractivity contribution in [1.82, 2.24) is 5.48 Å². The van der Waals surface area contributed by atoms with Crippen LogP contribution in [0.4, 0.5) is 0 Å². The molecule has 0 radical (unpaired) electrons. The third-order valence-electron chi connectivity index (χ3n) is 1.05. The van der Waals surface area contributed by atoms with Crippen molar-refractivity contribution in [2.45, 2.75) is 13.8 Å². The first-order valence-electron chi connectivity index (χ1n) is 2.55. The lowest BCUT2D eigenvalue weighted by Gasteiger charge is -2.16. The van der Waals surface area contributed by atoms with Crippen molar-refractivity contribution in [1.29, 1.82) is 0 Å². The van der Waals surface area contributed by atoms with Crippen LogP contribution in [-0.4, -0.2) is 17.0 Å². The van der Waals surface area contributed by atoms with Gasteiger partial charge in [-0.3, -0.25) is 10.0 Å². The van der Waals surface area contributed by atoms with Crippen LogP contribution in [0.5, 0.6) is 0 Å². The minimum atomic E-state index is -0.684. The molecule has 0 bridgehead atoms. The molecule has 0 aliphatic rings. The highest BCUT2D eigenvalue weighted by atomic mass is 35.5. The van der Waals surface area contributed by atoms with Crippen molar-refractivity contribution in [3.8, 4) is 0 Å². The van der Waals surface area contributed by atoms with Gasteiger partial charge in [0.15, 0.2) is 0 Å². The first-order valence-corrected chi connectivity index (χ1v) is 3.08. The summed E-state index contributed by atoms with van der Waals surface area (Å²) >= 11 is 5.39. The van der Waals surface area contributed by atoms with E-state index in [4.69, 9.17) is 16.8 Å². The molecule has 3 nitrogen and oxygen atoms in total. The first kappa shape index (κ1) is 8.72. The molecule has 2 N–H and O–H groups in total. The molecular weight excluding hydrogens is 142 g/mol. The van der Waals surface area contributed by atoms with Crippen LogP contribution in [0, 0.1) is 5.41 Å². The molecule has 0 rings (SSSR count). The lowest BCUT2D eigenvalue weighted by molar-refractivity contribution is -0.136. The topological polar surface area (TPSA) is 49.3 Å². The minimum absolute atomic E-state index is 0.194. The molecule has 0 saturated carbocycles. The predicted molar refractivity (Wildman–Crippen MR) is 34.4 cm³/mol. The normalized spacial score (nSPS) is 11.1. The molecule has 0 spiro atoms. The van der Waals surface area contributed by atoms with Crippen LogP contribution in [0.3, 0.4) is 0 Å². The summed E-state index contributed by atoms with van der Waals surface area (Å²) in [6.45, 7) is 3.29. The molecular formula is C5H10ClNO2. The van der Waals surface area contributed by atoms with E-state index in [2.05, 4.69) is 0 Å². The van der Waals surface area contributed by atoms with Crippen LogP contribution in [0.15, 0.2) is 0 Å². The molecule has 4 heteroatoms. The predicted octanol–water partition coefficient (Wildman–Crippen LogP) is 0.757. The molecule has 1 amide bonds. The van der Waals surface area contributed by atoms with Crippen molar-refractivity contribution in [3.63, 3.8) is 0 Å². The first-order chi connectivity index (χ1) is 4.04. The lowest BCUT2D eigenvalue weighted by atomic mass is 9.96. The third kappa shape index (κ3) is 2.20. The number of rotatable bonds is 2. The van der Waals surface area contributed by atoms with E-state index >= 15 is 0 Å². The smallest absolute Gasteiger partial charge is 0.250 e. The number of nitrogens with one attached hydrogen (secondary N) is 1. The van der Waals surface area contributed by atoms with Gasteiger partial charge in [0, 0.05) is 5.88 Å². The van der Waals surface area contributed by atoms with E-state index in [0.717, 1.165) is 0 Å². The van der Waals surface area contributed by atoms with Gasteiger partial charge in [-0.25, -0.2) is 5.48 Å². The summed E-state index contributed by atoms with van der Waals surface area (Å²) in [5, 5.41) is 8.14. The van der Waals surface area contributed by atoms with Gasteiger partial charge in [0.2, 0.25) is 5.91 Å². The number of halogens is 1. The zero-order valence-electron chi connectivity index (χ0n) is 5.44. The fourth-order valence-electron chi connectivity index (χ4n) is 0.212. The number of carbonyl (C=O) groups excluding carboxylic acids is 1. The Hall–Kier alpha value is -0.280. The number of alkyl halides is 1. The standard InChI is InChI=1S/C5H10ClNO2/c1-5(2,3-6)4(8)7-9/h9H,3H2,1-2H3,(H,7,8). The van der Waals surface area contributed by atoms with E-state index in [1.165, 1.54) is 5.48 Å². The highest BCUT2D eigenvalue weighted by molar-refractivity contribution is 6.19. The number of amides is 1. The maximum Gasteiger partial charge on any atom is 0.250 e. The van der Waals surface area contributed by atoms with E-state index in [1.54, 1.807) is 13.8 Å². The van der Waals surface area contributed by atoms with Crippen molar-refractivity contribution >= 4 is 17.5 Å². The Labute approximate surface area is 59.0 Å². The summed E-state index contributed by atoms with van der Waals surface area (Å²) in [6.07, 6.45) is 0. The molecule has 0 fully saturated rings. The SMILES string of the molecule is CC(C)(CCl)C(=O)NO. The van der Waals surface area contributed by atoms with E-state index in [-0.39, 0.29) is 5.88 Å². The summed E-state index contributed by atoms with van der Waals surface area (Å²) in [5.41, 5.74) is 0.849. The van der Waals surface area contributed by atoms with E-state index < -0.39 is 11.3 Å². The molecule has 0 unspecified atom stereocenters. The van der Waals surface area contributed by atoms with E-state index in [1.807, 2.05) is 0 Å². The van der Waals surface area contributed by atoms with Crippen molar-refractivity contribution in [2.24, 2.45) is 5.41 Å². The van der Waals surface area contributed by atoms with Crippen LogP contribution in [-0.2, 0) is 4.79 Å². The van der Waals surface area contributed by atoms with Crippen LogP contribution >= 0.6 is 11.6 Å². The highest BCUT2D eigenvalue weighted by Gasteiger charge is 2.25. The molecule has 0 aromatic rings. The van der Waals surface area contributed by atoms with Gasteiger partial charge >= 0.3 is 0 Å². The van der Waals surface area contributed by atoms with E-state index in [9.17, 15) is 4.79 Å². The Morgan fingerprint density at radius 1 is 1.78 bits per heavy atom. The van der Waals surface area contributed by atoms with Gasteiger partial charge in [0.05, 0.1) is 5.41 Å². The fraction of sp³-hybridized carbons (Fsp3) is 0.800. The molecule has 54 valence electrons. The average Bonchev–Trinajstić information content (AvgIpc) is 1.86. The zero-order valence-corrected chi connectivity index (χ0v) is 6.20. The molecule has 0 aliphatic heterocycles. The molecule has 0 saturated heterocycles. The Morgan fingerprint density at radius 2 is 2.22 bits per heavy atom. The quantitative estimate of drug-likeness (QED) is 0.348. The molecule has 0 heterocycles. The Kier molecular flexibility index (Phi) is 2.94. The molecule has 9 heavy (non-hydrogen) atoms. The minimum Gasteiger partial charge on any atom is -0.289 e. The Morgan fingerprint density at radius 3 is 2.33 bits per heavy atom. The van der Waals surface area contributed by atoms with Gasteiger partial charge in [0.1, 0.15) is 0 Å². The second kappa shape index (κ2) is 3.03. The third-order valence-corrected chi connectivity index (χ3v) is 1.72. The average molecular weight is 152 g/mol. The summed E-state index contributed by atoms with van der Waals surface area (Å²) in [7, 11) is 0. The van der Waals surface area contributed by atoms with Crippen molar-refractivity contribution in [2.75, 3.05) is 5.88 Å². The molecule has 0 aromatic carbocycles. The van der Waals surface area contributed by atoms with Gasteiger partial charge in [0.25, 0.3) is 0 Å². The van der Waals surface area contributed by atoms with Gasteiger partial charge in [-0.2, -0.15) is 0 Å². The van der Waals surface area contributed by atoms with Crippen LogP contribution in [0.2, 0.25) is 0 Å². The van der Waals surface area contributed by atoms with Gasteiger partial charge in [-0.1, -0.05) is 0 Å². The lowest BCUT2D eigenvalue weighted by Crippen LogP contribution is -2.36. The van der Waals surface area contributed by atoms with Gasteiger partial charge in [-0.15, -0.1) is 11.6 Å². The zero-order chi connectivity index (χ0) is 7.49. The van der Waals surface area contributed by atoms with Crippen molar-refractivity contribution < 1.29 is 10.0 Å². The van der Waals surface area contributed by atoms with Crippen LogP contribution in [0.25, 0.3) is 0 Å². The number of hydroxylamine groups is 1. The highest BCUT2D eigenvalue weighted by Crippen LogP contribution is 2.15. The maximum absolute atomic E-state index is 10.6. The summed E-state index contributed by atoms with van der Waals surface area (Å²) < 4.78 is 0. The monoisotopic (exact) mass is 151 g/mol. The number of hydrogen-bond donors (Lipinski definition) is 2. The van der Waals surface area contributed by atoms with Gasteiger partial charge in [-0.05, 0) is 13.8 Å². The number of carbonyl (C=O) groups is 1. The Bertz CT molecular complexity index is 114. The molecule has 0 atom stereocenters. The van der Waals surface area contributed by atoms with Crippen molar-refractivity contribution in [3.05, 3.63) is 0 Å². The summed E-state index contributed by atoms with van der Waals surface area (Å²) in [5.74, 6) is -0.267. The number of hydrogen-bond acceptors (Lipinski definition) is 2. The van der Waals surface area contributed by atoms with Crippen LogP contribution in [0.1, 0.15) is 13.8 Å². The maximum atomic E-state index is 10.6. The summed E-state index contributed by atoms with van der Waals surface area (Å²) in [4.78, 5) is 10.6. The Balaban J connectivity index is 3.97.